The van der Waals surface area contributed by atoms with Gasteiger partial charge in [0.2, 0.25) is 0 Å². The normalized spacial score (nSPS) is 12.5. The lowest BCUT2D eigenvalue weighted by Gasteiger charge is -2.23. The summed E-state index contributed by atoms with van der Waals surface area (Å²) in [5, 5.41) is 8.03. The Balaban J connectivity index is 3.07. The molecule has 0 spiro atoms. The fourth-order valence-corrected chi connectivity index (χ4v) is 1.20. The molecule has 0 aliphatic carbocycles. The fourth-order valence-electron chi connectivity index (χ4n) is 1.20. The van der Waals surface area contributed by atoms with Gasteiger partial charge in [-0.15, -0.1) is 10.2 Å². The van der Waals surface area contributed by atoms with Crippen LogP contribution in [0.2, 0.25) is 0 Å². The van der Waals surface area contributed by atoms with E-state index in [1.165, 1.54) is 0 Å². The van der Waals surface area contributed by atoms with Crippen molar-refractivity contribution in [3.05, 3.63) is 12.2 Å². The molecule has 0 unspecified atom stereocenters. The predicted molar refractivity (Wildman–Crippen MR) is 52.5 cm³/mol. The minimum Gasteiger partial charge on any atom is -0.329 e. The van der Waals surface area contributed by atoms with E-state index in [2.05, 4.69) is 42.5 Å². The minimum absolute atomic E-state index is 0.0965. The van der Waals surface area contributed by atoms with Gasteiger partial charge in [0.15, 0.2) is 0 Å². The summed E-state index contributed by atoms with van der Waals surface area (Å²) in [7, 11) is 0. The minimum atomic E-state index is -0.0965. The quantitative estimate of drug-likeness (QED) is 0.761. The first kappa shape index (κ1) is 10.2. The van der Waals surface area contributed by atoms with Crippen molar-refractivity contribution in [1.29, 1.82) is 0 Å². The number of rotatable bonds is 3. The molecule has 2 N–H and O–H groups in total. The van der Waals surface area contributed by atoms with Crippen LogP contribution in [0.5, 0.6) is 0 Å². The summed E-state index contributed by atoms with van der Waals surface area (Å²) in [6, 6.07) is 0.385. The van der Waals surface area contributed by atoms with Gasteiger partial charge >= 0.3 is 0 Å². The highest BCUT2D eigenvalue weighted by Gasteiger charge is 2.25. The molecule has 74 valence electrons. The lowest BCUT2D eigenvalue weighted by molar-refractivity contribution is 0.445. The SMILES string of the molecule is CC(C)n1cnnc1C(C)(C)CN. The van der Waals surface area contributed by atoms with Gasteiger partial charge in [0.1, 0.15) is 12.2 Å². The van der Waals surface area contributed by atoms with E-state index in [1.54, 1.807) is 6.33 Å². The van der Waals surface area contributed by atoms with Crippen molar-refractivity contribution in [3.63, 3.8) is 0 Å². The average Bonchev–Trinajstić information content (AvgIpc) is 2.52. The summed E-state index contributed by atoms with van der Waals surface area (Å²) >= 11 is 0. The Bertz CT molecular complexity index is 275. The van der Waals surface area contributed by atoms with Crippen LogP contribution in [0.15, 0.2) is 6.33 Å². The van der Waals surface area contributed by atoms with Crippen LogP contribution in [0.4, 0.5) is 0 Å². The first-order valence-corrected chi connectivity index (χ1v) is 4.59. The molecule has 0 atom stereocenters. The Kier molecular flexibility index (Phi) is 2.71. The van der Waals surface area contributed by atoms with Crippen LogP contribution in [0.25, 0.3) is 0 Å². The van der Waals surface area contributed by atoms with Crippen molar-refractivity contribution in [3.8, 4) is 0 Å². The number of aromatic nitrogens is 3. The van der Waals surface area contributed by atoms with Crippen LogP contribution in [0, 0.1) is 0 Å². The van der Waals surface area contributed by atoms with Crippen LogP contribution in [-0.2, 0) is 5.41 Å². The largest absolute Gasteiger partial charge is 0.329 e. The smallest absolute Gasteiger partial charge is 0.139 e. The topological polar surface area (TPSA) is 56.7 Å². The van der Waals surface area contributed by atoms with Crippen molar-refractivity contribution in [2.45, 2.75) is 39.2 Å². The second-order valence-electron chi connectivity index (χ2n) is 4.24. The molecule has 1 aromatic heterocycles. The molecule has 0 amide bonds. The van der Waals surface area contributed by atoms with Crippen LogP contribution in [0.1, 0.15) is 39.6 Å². The average molecular weight is 182 g/mol. The van der Waals surface area contributed by atoms with E-state index < -0.39 is 0 Å². The van der Waals surface area contributed by atoms with Crippen molar-refractivity contribution < 1.29 is 0 Å². The zero-order valence-electron chi connectivity index (χ0n) is 8.78. The number of nitrogens with two attached hydrogens (primary N) is 1. The summed E-state index contributed by atoms with van der Waals surface area (Å²) in [6.07, 6.45) is 1.76. The Morgan fingerprint density at radius 2 is 2.15 bits per heavy atom. The molecule has 0 fully saturated rings. The van der Waals surface area contributed by atoms with Gasteiger partial charge in [-0.25, -0.2) is 0 Å². The molecule has 4 heteroatoms. The van der Waals surface area contributed by atoms with Crippen molar-refractivity contribution in [1.82, 2.24) is 14.8 Å². The third kappa shape index (κ3) is 1.88. The molecule has 0 aliphatic heterocycles. The van der Waals surface area contributed by atoms with E-state index in [-0.39, 0.29) is 5.41 Å². The van der Waals surface area contributed by atoms with Crippen molar-refractivity contribution >= 4 is 0 Å². The molecule has 0 saturated carbocycles. The fraction of sp³-hybridized carbons (Fsp3) is 0.778. The summed E-state index contributed by atoms with van der Waals surface area (Å²) in [6.45, 7) is 8.96. The van der Waals surface area contributed by atoms with Gasteiger partial charge < -0.3 is 10.3 Å². The third-order valence-electron chi connectivity index (χ3n) is 2.25. The lowest BCUT2D eigenvalue weighted by Crippen LogP contribution is -2.32. The van der Waals surface area contributed by atoms with Crippen LogP contribution >= 0.6 is 0 Å². The maximum atomic E-state index is 5.69. The second kappa shape index (κ2) is 3.46. The van der Waals surface area contributed by atoms with Gasteiger partial charge in [0, 0.05) is 18.0 Å². The lowest BCUT2D eigenvalue weighted by atomic mass is 9.92. The molecule has 0 bridgehead atoms. The van der Waals surface area contributed by atoms with Crippen LogP contribution < -0.4 is 5.73 Å². The summed E-state index contributed by atoms with van der Waals surface area (Å²) in [4.78, 5) is 0. The molecular formula is C9H18N4. The monoisotopic (exact) mass is 182 g/mol. The number of hydrogen-bond donors (Lipinski definition) is 1. The highest BCUT2D eigenvalue weighted by Crippen LogP contribution is 2.21. The van der Waals surface area contributed by atoms with E-state index in [0.29, 0.717) is 12.6 Å². The van der Waals surface area contributed by atoms with Gasteiger partial charge in [-0.3, -0.25) is 0 Å². The van der Waals surface area contributed by atoms with E-state index in [9.17, 15) is 0 Å². The highest BCUT2D eigenvalue weighted by atomic mass is 15.3. The van der Waals surface area contributed by atoms with Crippen LogP contribution in [-0.4, -0.2) is 21.3 Å². The highest BCUT2D eigenvalue weighted by molar-refractivity contribution is 5.05. The van der Waals surface area contributed by atoms with E-state index in [1.807, 2.05) is 0 Å². The van der Waals surface area contributed by atoms with Crippen LogP contribution in [0.3, 0.4) is 0 Å². The maximum absolute atomic E-state index is 5.69. The molecule has 1 aromatic rings. The molecule has 0 aliphatic rings. The number of nitrogens with zero attached hydrogens (tertiary/aromatic N) is 3. The second-order valence-corrected chi connectivity index (χ2v) is 4.24. The first-order chi connectivity index (χ1) is 5.99. The first-order valence-electron chi connectivity index (χ1n) is 4.59. The molecule has 0 aromatic carbocycles. The molecule has 0 saturated heterocycles. The van der Waals surface area contributed by atoms with Crippen molar-refractivity contribution in [2.24, 2.45) is 5.73 Å². The van der Waals surface area contributed by atoms with Crippen molar-refractivity contribution in [2.75, 3.05) is 6.54 Å². The molecule has 1 rings (SSSR count). The summed E-state index contributed by atoms with van der Waals surface area (Å²) in [5.41, 5.74) is 5.59. The van der Waals surface area contributed by atoms with Gasteiger partial charge in [-0.2, -0.15) is 0 Å². The summed E-state index contributed by atoms with van der Waals surface area (Å²) < 4.78 is 2.06. The van der Waals surface area contributed by atoms with Gasteiger partial charge in [-0.1, -0.05) is 13.8 Å². The summed E-state index contributed by atoms with van der Waals surface area (Å²) in [5.74, 6) is 0.963. The standard InChI is InChI=1S/C9H18N4/c1-7(2)13-6-11-12-8(13)9(3,4)5-10/h6-7H,5,10H2,1-4H3. The van der Waals surface area contributed by atoms with E-state index >= 15 is 0 Å². The van der Waals surface area contributed by atoms with Gasteiger partial charge in [0.25, 0.3) is 0 Å². The molecule has 13 heavy (non-hydrogen) atoms. The Morgan fingerprint density at radius 1 is 1.54 bits per heavy atom. The zero-order chi connectivity index (χ0) is 10.1. The Morgan fingerprint density at radius 3 is 2.62 bits per heavy atom. The molecule has 4 nitrogen and oxygen atoms in total. The maximum Gasteiger partial charge on any atom is 0.139 e. The molecule has 1 heterocycles. The zero-order valence-corrected chi connectivity index (χ0v) is 8.78. The predicted octanol–water partition coefficient (Wildman–Crippen LogP) is 1.10. The van der Waals surface area contributed by atoms with E-state index in [0.717, 1.165) is 5.82 Å². The Labute approximate surface area is 79.2 Å². The van der Waals surface area contributed by atoms with Gasteiger partial charge in [0.05, 0.1) is 0 Å². The van der Waals surface area contributed by atoms with Gasteiger partial charge in [-0.05, 0) is 13.8 Å². The molecular weight excluding hydrogens is 164 g/mol. The molecule has 0 radical (unpaired) electrons. The third-order valence-corrected chi connectivity index (χ3v) is 2.25. The Hall–Kier alpha value is -0.900. The number of hydrogen-bond acceptors (Lipinski definition) is 3. The van der Waals surface area contributed by atoms with E-state index in [4.69, 9.17) is 5.73 Å².